The zero-order chi connectivity index (χ0) is 22.7. The van der Waals surface area contributed by atoms with Gasteiger partial charge in [0.25, 0.3) is 5.91 Å². The fourth-order valence-corrected chi connectivity index (χ4v) is 3.77. The summed E-state index contributed by atoms with van der Waals surface area (Å²) < 4.78 is 11.2. The minimum atomic E-state index is -0.288. The van der Waals surface area contributed by atoms with E-state index in [9.17, 15) is 9.59 Å². The van der Waals surface area contributed by atoms with Gasteiger partial charge in [-0.25, -0.2) is 0 Å². The Morgan fingerprint density at radius 3 is 2.50 bits per heavy atom. The summed E-state index contributed by atoms with van der Waals surface area (Å²) in [5.74, 6) is 0.123. The highest BCUT2D eigenvalue weighted by Gasteiger charge is 2.13. The normalized spacial score (nSPS) is 10.8. The molecule has 0 fully saturated rings. The van der Waals surface area contributed by atoms with E-state index in [4.69, 9.17) is 32.4 Å². The van der Waals surface area contributed by atoms with Crippen molar-refractivity contribution < 1.29 is 13.9 Å². The van der Waals surface area contributed by atoms with Gasteiger partial charge < -0.3 is 14.5 Å². The number of halogens is 2. The number of hydrogen-bond acceptors (Lipinski definition) is 4. The van der Waals surface area contributed by atoms with Crippen LogP contribution in [-0.4, -0.2) is 12.5 Å². The van der Waals surface area contributed by atoms with Crippen molar-refractivity contribution in [2.75, 3.05) is 11.9 Å². The first-order valence-corrected chi connectivity index (χ1v) is 10.7. The van der Waals surface area contributed by atoms with E-state index in [1.165, 1.54) is 11.8 Å². The van der Waals surface area contributed by atoms with E-state index in [0.29, 0.717) is 43.6 Å². The molecule has 1 heterocycles. The molecule has 0 radical (unpaired) electrons. The first-order valence-electron chi connectivity index (χ1n) is 9.97. The Morgan fingerprint density at radius 1 is 1.00 bits per heavy atom. The minimum Gasteiger partial charge on any atom is -0.484 e. The molecule has 4 rings (SSSR count). The highest BCUT2D eigenvalue weighted by Crippen LogP contribution is 2.30. The largest absolute Gasteiger partial charge is 0.484 e. The van der Waals surface area contributed by atoms with Crippen LogP contribution in [-0.2, 0) is 11.2 Å². The second-order valence-electron chi connectivity index (χ2n) is 7.15. The number of aryl methyl sites for hydroxylation is 1. The molecule has 0 saturated carbocycles. The molecule has 32 heavy (non-hydrogen) atoms. The van der Waals surface area contributed by atoms with Crippen molar-refractivity contribution in [3.8, 4) is 16.9 Å². The predicted octanol–water partition coefficient (Wildman–Crippen LogP) is 6.35. The summed E-state index contributed by atoms with van der Waals surface area (Å²) in [4.78, 5) is 25.1. The highest BCUT2D eigenvalue weighted by molar-refractivity contribution is 6.36. The van der Waals surface area contributed by atoms with Crippen LogP contribution in [0.4, 0.5) is 5.69 Å². The summed E-state index contributed by atoms with van der Waals surface area (Å²) in [5, 5.41) is 4.00. The fourth-order valence-electron chi connectivity index (χ4n) is 3.26. The van der Waals surface area contributed by atoms with Crippen LogP contribution < -0.4 is 15.5 Å². The van der Waals surface area contributed by atoms with Gasteiger partial charge in [0.2, 0.25) is 5.43 Å². The lowest BCUT2D eigenvalue weighted by Crippen LogP contribution is -2.20. The Labute approximate surface area is 194 Å². The average molecular weight is 468 g/mol. The maximum atomic E-state index is 12.9. The lowest BCUT2D eigenvalue weighted by molar-refractivity contribution is -0.118. The van der Waals surface area contributed by atoms with Crippen LogP contribution in [0.2, 0.25) is 10.0 Å². The lowest BCUT2D eigenvalue weighted by Gasteiger charge is -2.09. The molecule has 0 aliphatic heterocycles. The van der Waals surface area contributed by atoms with Crippen LogP contribution in [0, 0.1) is 0 Å². The van der Waals surface area contributed by atoms with Gasteiger partial charge in [-0.3, -0.25) is 9.59 Å². The van der Waals surface area contributed by atoms with E-state index in [1.54, 1.807) is 36.4 Å². The molecular formula is C25H19Cl2NO4. The highest BCUT2D eigenvalue weighted by atomic mass is 35.5. The summed E-state index contributed by atoms with van der Waals surface area (Å²) in [5.41, 5.74) is 2.89. The fraction of sp³-hybridized carbons (Fsp3) is 0.120. The summed E-state index contributed by atoms with van der Waals surface area (Å²) in [6.07, 6.45) is 2.29. The van der Waals surface area contributed by atoms with Gasteiger partial charge in [0.1, 0.15) is 17.6 Å². The summed E-state index contributed by atoms with van der Waals surface area (Å²) in [7, 11) is 0. The molecule has 5 nitrogen and oxygen atoms in total. The quantitative estimate of drug-likeness (QED) is 0.358. The van der Waals surface area contributed by atoms with Crippen molar-refractivity contribution in [1.82, 2.24) is 0 Å². The van der Waals surface area contributed by atoms with E-state index < -0.39 is 0 Å². The predicted molar refractivity (Wildman–Crippen MR) is 128 cm³/mol. The van der Waals surface area contributed by atoms with Crippen LogP contribution in [0.3, 0.4) is 0 Å². The second kappa shape index (κ2) is 9.47. The second-order valence-corrected chi connectivity index (χ2v) is 7.99. The minimum absolute atomic E-state index is 0.177. The number of benzene rings is 3. The van der Waals surface area contributed by atoms with E-state index in [2.05, 4.69) is 12.2 Å². The number of amides is 1. The summed E-state index contributed by atoms with van der Waals surface area (Å²) >= 11 is 12.2. The molecule has 1 N–H and O–H groups in total. The number of carbonyl (C=O) groups excluding carboxylic acids is 1. The Morgan fingerprint density at radius 2 is 1.78 bits per heavy atom. The SMILES string of the molecule is CCc1ccc(NC(=O)COc2ccc3c(=O)c(-c4ccc(Cl)cc4Cl)coc3c2)cc1. The molecule has 162 valence electrons. The zero-order valence-corrected chi connectivity index (χ0v) is 18.7. The van der Waals surface area contributed by atoms with E-state index >= 15 is 0 Å². The van der Waals surface area contributed by atoms with Crippen molar-refractivity contribution in [3.05, 3.63) is 92.8 Å². The van der Waals surface area contributed by atoms with Crippen molar-refractivity contribution in [2.45, 2.75) is 13.3 Å². The van der Waals surface area contributed by atoms with Crippen LogP contribution >= 0.6 is 23.2 Å². The summed E-state index contributed by atoms with van der Waals surface area (Å²) in [6, 6.07) is 17.3. The molecule has 3 aromatic carbocycles. The van der Waals surface area contributed by atoms with Crippen molar-refractivity contribution in [2.24, 2.45) is 0 Å². The Bertz CT molecular complexity index is 1350. The topological polar surface area (TPSA) is 68.5 Å². The van der Waals surface area contributed by atoms with Gasteiger partial charge in [-0.1, -0.05) is 48.3 Å². The standard InChI is InChI=1S/C25H19Cl2NO4/c1-2-15-3-6-17(7-4-15)28-24(29)14-31-18-8-10-20-23(12-18)32-13-21(25(20)30)19-9-5-16(26)11-22(19)27/h3-13H,2,14H2,1H3,(H,28,29). The Balaban J connectivity index is 1.49. The van der Waals surface area contributed by atoms with E-state index in [-0.39, 0.29) is 17.9 Å². The molecule has 0 saturated heterocycles. The number of nitrogens with one attached hydrogen (secondary N) is 1. The molecule has 1 aromatic heterocycles. The van der Waals surface area contributed by atoms with Crippen molar-refractivity contribution in [1.29, 1.82) is 0 Å². The zero-order valence-electron chi connectivity index (χ0n) is 17.2. The van der Waals surface area contributed by atoms with E-state index in [1.807, 2.05) is 24.3 Å². The number of carbonyl (C=O) groups is 1. The molecular weight excluding hydrogens is 449 g/mol. The maximum absolute atomic E-state index is 12.9. The molecule has 0 aliphatic rings. The van der Waals surface area contributed by atoms with E-state index in [0.717, 1.165) is 6.42 Å². The number of ether oxygens (including phenoxy) is 1. The van der Waals surface area contributed by atoms with Crippen LogP contribution in [0.5, 0.6) is 5.75 Å². The number of fused-ring (bicyclic) bond motifs is 1. The third kappa shape index (κ3) is 4.79. The first-order chi connectivity index (χ1) is 15.4. The smallest absolute Gasteiger partial charge is 0.262 e. The molecule has 0 unspecified atom stereocenters. The summed E-state index contributed by atoms with van der Waals surface area (Å²) in [6.45, 7) is 1.89. The van der Waals surface area contributed by atoms with Gasteiger partial charge in [0, 0.05) is 22.3 Å². The van der Waals surface area contributed by atoms with Gasteiger partial charge in [0.15, 0.2) is 6.61 Å². The van der Waals surface area contributed by atoms with Gasteiger partial charge in [-0.15, -0.1) is 0 Å². The maximum Gasteiger partial charge on any atom is 0.262 e. The molecule has 0 aliphatic carbocycles. The van der Waals surface area contributed by atoms with Gasteiger partial charge in [0.05, 0.1) is 16.0 Å². The third-order valence-electron chi connectivity index (χ3n) is 4.98. The number of rotatable bonds is 6. The third-order valence-corrected chi connectivity index (χ3v) is 5.53. The molecule has 7 heteroatoms. The monoisotopic (exact) mass is 467 g/mol. The Kier molecular flexibility index (Phi) is 6.49. The van der Waals surface area contributed by atoms with Gasteiger partial charge in [-0.05, 0) is 48.4 Å². The molecule has 0 bridgehead atoms. The first kappa shape index (κ1) is 21.9. The molecule has 0 spiro atoms. The van der Waals surface area contributed by atoms with Gasteiger partial charge >= 0.3 is 0 Å². The van der Waals surface area contributed by atoms with Crippen LogP contribution in [0.1, 0.15) is 12.5 Å². The van der Waals surface area contributed by atoms with Crippen LogP contribution in [0.15, 0.2) is 76.1 Å². The lowest BCUT2D eigenvalue weighted by atomic mass is 10.1. The number of anilines is 1. The van der Waals surface area contributed by atoms with Crippen LogP contribution in [0.25, 0.3) is 22.1 Å². The molecule has 0 atom stereocenters. The van der Waals surface area contributed by atoms with Gasteiger partial charge in [-0.2, -0.15) is 0 Å². The Hall–Kier alpha value is -3.28. The molecule has 4 aromatic rings. The average Bonchev–Trinajstić information content (AvgIpc) is 2.79. The van der Waals surface area contributed by atoms with Crippen molar-refractivity contribution in [3.63, 3.8) is 0 Å². The van der Waals surface area contributed by atoms with Crippen molar-refractivity contribution >= 4 is 45.8 Å². The number of hydrogen-bond donors (Lipinski definition) is 1. The molecule has 1 amide bonds.